The Balaban J connectivity index is 1.45. The minimum absolute atomic E-state index is 0.168. The van der Waals surface area contributed by atoms with Gasteiger partial charge in [0.25, 0.3) is 0 Å². The lowest BCUT2D eigenvalue weighted by Gasteiger charge is -2.55. The highest BCUT2D eigenvalue weighted by Crippen LogP contribution is 2.60. The van der Waals surface area contributed by atoms with Gasteiger partial charge in [-0.05, 0) is 67.9 Å². The molecule has 148 valence electrons. The fraction of sp³-hybridized carbons (Fsp3) is 0.684. The molecule has 1 aromatic rings. The molecule has 4 bridgehead atoms. The summed E-state index contributed by atoms with van der Waals surface area (Å²) in [5.74, 6) is 0.448. The maximum absolute atomic E-state index is 12.9. The van der Waals surface area contributed by atoms with E-state index in [1.54, 1.807) is 0 Å². The van der Waals surface area contributed by atoms with Crippen LogP contribution in [0.15, 0.2) is 18.3 Å². The molecule has 0 amide bonds. The van der Waals surface area contributed by atoms with Gasteiger partial charge in [-0.25, -0.2) is 8.42 Å². The summed E-state index contributed by atoms with van der Waals surface area (Å²) in [6.07, 6.45) is 2.25. The Morgan fingerprint density at radius 3 is 2.07 bits per heavy atom. The number of sulfone groups is 1. The van der Waals surface area contributed by atoms with E-state index in [-0.39, 0.29) is 11.3 Å². The van der Waals surface area contributed by atoms with Crippen LogP contribution in [-0.4, -0.2) is 24.9 Å². The zero-order valence-electron chi connectivity index (χ0n) is 14.8. The monoisotopic (exact) mass is 401 g/mol. The summed E-state index contributed by atoms with van der Waals surface area (Å²) in [5, 5.41) is 0. The van der Waals surface area contributed by atoms with Crippen molar-refractivity contribution in [2.24, 2.45) is 23.2 Å². The van der Waals surface area contributed by atoms with Crippen LogP contribution < -0.4 is 0 Å². The number of carbonyl (C=O) groups is 1. The molecule has 1 aromatic heterocycles. The largest absolute Gasteiger partial charge is 0.433 e. The molecular formula is C19H22F3NO3S. The minimum atomic E-state index is -4.56. The number of aromatic nitrogens is 1. The second-order valence-electron chi connectivity index (χ2n) is 8.70. The van der Waals surface area contributed by atoms with E-state index >= 15 is 0 Å². The molecule has 0 spiro atoms. The van der Waals surface area contributed by atoms with Crippen molar-refractivity contribution < 1.29 is 26.4 Å². The summed E-state index contributed by atoms with van der Waals surface area (Å²) < 4.78 is 62.7. The first-order chi connectivity index (χ1) is 12.5. The molecule has 4 saturated carbocycles. The Morgan fingerprint density at radius 2 is 1.63 bits per heavy atom. The number of nitrogens with zero attached hydrogens (tertiary/aromatic N) is 1. The second-order valence-corrected chi connectivity index (χ2v) is 10.8. The maximum Gasteiger partial charge on any atom is 0.433 e. The first kappa shape index (κ1) is 18.9. The van der Waals surface area contributed by atoms with Crippen LogP contribution in [0.2, 0.25) is 0 Å². The van der Waals surface area contributed by atoms with Crippen molar-refractivity contribution in [2.45, 2.75) is 50.5 Å². The molecule has 27 heavy (non-hydrogen) atoms. The van der Waals surface area contributed by atoms with E-state index in [4.69, 9.17) is 0 Å². The van der Waals surface area contributed by atoms with Crippen molar-refractivity contribution in [1.29, 1.82) is 0 Å². The van der Waals surface area contributed by atoms with E-state index < -0.39 is 38.6 Å². The van der Waals surface area contributed by atoms with Crippen molar-refractivity contribution in [1.82, 2.24) is 4.98 Å². The number of carbonyl (C=O) groups excluding carboxylic acids is 1. The summed E-state index contributed by atoms with van der Waals surface area (Å²) in [6, 6.07) is 1.88. The summed E-state index contributed by atoms with van der Waals surface area (Å²) >= 11 is 0. The van der Waals surface area contributed by atoms with E-state index in [1.165, 1.54) is 0 Å². The van der Waals surface area contributed by atoms with Crippen LogP contribution in [0.3, 0.4) is 0 Å². The Bertz CT molecular complexity index is 811. The van der Waals surface area contributed by atoms with Crippen LogP contribution in [0.25, 0.3) is 0 Å². The average Bonchev–Trinajstić information content (AvgIpc) is 2.52. The quantitative estimate of drug-likeness (QED) is 0.753. The normalized spacial score (nSPS) is 32.6. The molecule has 0 aromatic carbocycles. The number of ketones is 1. The maximum atomic E-state index is 12.9. The van der Waals surface area contributed by atoms with Gasteiger partial charge >= 0.3 is 6.18 Å². The number of hydrogen-bond donors (Lipinski definition) is 0. The molecule has 0 radical (unpaired) electrons. The standard InChI is InChI=1S/C19H22F3NO3S/c20-19(21,22)16-2-1-12(9-23-16)10-27(25,26)11-17(24)18-6-13-3-14(7-18)5-15(4-13)8-18/h1-2,9,13-15H,3-8,10-11H2. The first-order valence-corrected chi connectivity index (χ1v) is 11.1. The molecular weight excluding hydrogens is 379 g/mol. The van der Waals surface area contributed by atoms with Crippen LogP contribution in [0.4, 0.5) is 13.2 Å². The number of halogens is 3. The van der Waals surface area contributed by atoms with Crippen LogP contribution in [0, 0.1) is 23.2 Å². The highest BCUT2D eigenvalue weighted by Gasteiger charge is 2.54. The zero-order chi connectivity index (χ0) is 19.4. The van der Waals surface area contributed by atoms with Gasteiger partial charge in [0.1, 0.15) is 11.4 Å². The van der Waals surface area contributed by atoms with Gasteiger partial charge < -0.3 is 0 Å². The third-order valence-electron chi connectivity index (χ3n) is 6.48. The number of rotatable bonds is 5. The van der Waals surface area contributed by atoms with Crippen LogP contribution in [-0.2, 0) is 26.6 Å². The lowest BCUT2D eigenvalue weighted by Crippen LogP contribution is -2.51. The highest BCUT2D eigenvalue weighted by molar-refractivity contribution is 7.91. The minimum Gasteiger partial charge on any atom is -0.298 e. The second kappa shape index (κ2) is 6.29. The van der Waals surface area contributed by atoms with E-state index in [2.05, 4.69) is 4.98 Å². The zero-order valence-corrected chi connectivity index (χ0v) is 15.7. The molecule has 0 unspecified atom stereocenters. The SMILES string of the molecule is O=C(CS(=O)(=O)Cc1ccc(C(F)(F)F)nc1)C12CC3CC(CC(C3)C1)C2. The third kappa shape index (κ3) is 3.77. The molecule has 0 N–H and O–H groups in total. The van der Waals surface area contributed by atoms with Gasteiger partial charge in [-0.2, -0.15) is 13.2 Å². The number of Topliss-reactive ketones (excluding diaryl/α,β-unsaturated/α-hetero) is 1. The van der Waals surface area contributed by atoms with Crippen molar-refractivity contribution >= 4 is 15.6 Å². The lowest BCUT2D eigenvalue weighted by molar-refractivity contribution is -0.141. The van der Waals surface area contributed by atoms with Crippen molar-refractivity contribution in [3.8, 4) is 0 Å². The molecule has 1 heterocycles. The van der Waals surface area contributed by atoms with Gasteiger partial charge in [0, 0.05) is 11.6 Å². The summed E-state index contributed by atoms with van der Waals surface area (Å²) in [5.41, 5.74) is -1.38. The van der Waals surface area contributed by atoms with E-state index in [0.717, 1.165) is 56.9 Å². The van der Waals surface area contributed by atoms with E-state index in [9.17, 15) is 26.4 Å². The van der Waals surface area contributed by atoms with Crippen molar-refractivity contribution in [3.63, 3.8) is 0 Å². The molecule has 0 aliphatic heterocycles. The van der Waals surface area contributed by atoms with E-state index in [0.29, 0.717) is 17.8 Å². The Labute approximate surface area is 156 Å². The summed E-state index contributed by atoms with van der Waals surface area (Å²) in [4.78, 5) is 16.2. The van der Waals surface area contributed by atoms with Gasteiger partial charge in [0.05, 0.1) is 5.75 Å². The molecule has 4 fully saturated rings. The first-order valence-electron chi connectivity index (χ1n) is 9.30. The van der Waals surface area contributed by atoms with Gasteiger partial charge in [0.2, 0.25) is 0 Å². The van der Waals surface area contributed by atoms with Crippen LogP contribution in [0.1, 0.15) is 49.8 Å². The predicted molar refractivity (Wildman–Crippen MR) is 92.3 cm³/mol. The number of alkyl halides is 3. The molecule has 0 atom stereocenters. The molecule has 0 saturated heterocycles. The van der Waals surface area contributed by atoms with Gasteiger partial charge in [-0.1, -0.05) is 6.07 Å². The Hall–Kier alpha value is -1.44. The highest BCUT2D eigenvalue weighted by atomic mass is 32.2. The van der Waals surface area contributed by atoms with E-state index in [1.807, 2.05) is 0 Å². The molecule has 5 rings (SSSR count). The third-order valence-corrected chi connectivity index (χ3v) is 7.96. The topological polar surface area (TPSA) is 64.1 Å². The van der Waals surface area contributed by atoms with Gasteiger partial charge in [-0.15, -0.1) is 0 Å². The summed E-state index contributed by atoms with van der Waals surface area (Å²) in [7, 11) is -3.75. The lowest BCUT2D eigenvalue weighted by atomic mass is 9.48. The smallest absolute Gasteiger partial charge is 0.298 e. The molecule has 4 nitrogen and oxygen atoms in total. The summed E-state index contributed by atoms with van der Waals surface area (Å²) in [6.45, 7) is 0. The van der Waals surface area contributed by atoms with Gasteiger partial charge in [-0.3, -0.25) is 9.78 Å². The molecule has 4 aliphatic rings. The van der Waals surface area contributed by atoms with Crippen molar-refractivity contribution in [3.05, 3.63) is 29.6 Å². The fourth-order valence-corrected chi connectivity index (χ4v) is 7.27. The Morgan fingerprint density at radius 1 is 1.07 bits per heavy atom. The Kier molecular flexibility index (Phi) is 4.40. The van der Waals surface area contributed by atoms with Gasteiger partial charge in [0.15, 0.2) is 15.6 Å². The van der Waals surface area contributed by atoms with Crippen molar-refractivity contribution in [2.75, 3.05) is 5.75 Å². The molecule has 4 aliphatic carbocycles. The predicted octanol–water partition coefficient (Wildman–Crippen LogP) is 3.80. The fourth-order valence-electron chi connectivity index (χ4n) is 5.79. The average molecular weight is 401 g/mol. The number of pyridine rings is 1. The van der Waals surface area contributed by atoms with Crippen LogP contribution >= 0.6 is 0 Å². The molecule has 8 heteroatoms. The van der Waals surface area contributed by atoms with Crippen LogP contribution in [0.5, 0.6) is 0 Å². The number of hydrogen-bond acceptors (Lipinski definition) is 4.